The maximum absolute atomic E-state index is 6.46. The lowest BCUT2D eigenvalue weighted by Gasteiger charge is -2.31. The van der Waals surface area contributed by atoms with Crippen LogP contribution in [0.5, 0.6) is 5.75 Å². The van der Waals surface area contributed by atoms with Gasteiger partial charge in [0.1, 0.15) is 5.75 Å². The van der Waals surface area contributed by atoms with Gasteiger partial charge in [-0.25, -0.2) is 0 Å². The SMILES string of the molecule is CCOc1ccccc1C(N)C1(C)CCCS1. The smallest absolute Gasteiger partial charge is 0.124 e. The average Bonchev–Trinajstić information content (AvgIpc) is 2.78. The highest BCUT2D eigenvalue weighted by molar-refractivity contribution is 8.00. The molecule has 3 heteroatoms. The molecule has 1 aromatic rings. The van der Waals surface area contributed by atoms with E-state index in [1.165, 1.54) is 18.6 Å². The zero-order chi connectivity index (χ0) is 12.3. The van der Waals surface area contributed by atoms with Crippen LogP contribution in [0.2, 0.25) is 0 Å². The fourth-order valence-electron chi connectivity index (χ4n) is 2.40. The number of hydrogen-bond acceptors (Lipinski definition) is 3. The first-order valence-corrected chi connectivity index (χ1v) is 7.27. The van der Waals surface area contributed by atoms with E-state index in [1.807, 2.05) is 36.9 Å². The molecular weight excluding hydrogens is 230 g/mol. The second-order valence-corrected chi connectivity index (χ2v) is 6.34. The number of nitrogens with two attached hydrogens (primary N) is 1. The normalized spacial score (nSPS) is 25.8. The molecule has 1 aromatic carbocycles. The second kappa shape index (κ2) is 5.32. The molecule has 0 amide bonds. The van der Waals surface area contributed by atoms with Gasteiger partial charge >= 0.3 is 0 Å². The summed E-state index contributed by atoms with van der Waals surface area (Å²) >= 11 is 1.99. The van der Waals surface area contributed by atoms with Crippen molar-refractivity contribution < 1.29 is 4.74 Å². The number of benzene rings is 1. The highest BCUT2D eigenvalue weighted by atomic mass is 32.2. The molecule has 1 aliphatic heterocycles. The summed E-state index contributed by atoms with van der Waals surface area (Å²) in [6.45, 7) is 4.97. The van der Waals surface area contributed by atoms with Crippen molar-refractivity contribution in [1.82, 2.24) is 0 Å². The summed E-state index contributed by atoms with van der Waals surface area (Å²) in [4.78, 5) is 0. The molecule has 0 aliphatic carbocycles. The fraction of sp³-hybridized carbons (Fsp3) is 0.571. The van der Waals surface area contributed by atoms with Crippen LogP contribution in [0.4, 0.5) is 0 Å². The molecule has 0 spiro atoms. The van der Waals surface area contributed by atoms with Crippen molar-refractivity contribution in [3.63, 3.8) is 0 Å². The first kappa shape index (κ1) is 12.8. The molecular formula is C14H21NOS. The summed E-state index contributed by atoms with van der Waals surface area (Å²) in [5.74, 6) is 2.16. The Morgan fingerprint density at radius 3 is 2.88 bits per heavy atom. The number of ether oxygens (including phenoxy) is 1. The van der Waals surface area contributed by atoms with Crippen LogP contribution in [0, 0.1) is 0 Å². The Morgan fingerprint density at radius 2 is 2.24 bits per heavy atom. The maximum atomic E-state index is 6.46. The van der Waals surface area contributed by atoms with Gasteiger partial charge in [0.25, 0.3) is 0 Å². The van der Waals surface area contributed by atoms with E-state index in [0.717, 1.165) is 11.3 Å². The minimum absolute atomic E-state index is 0.0535. The third kappa shape index (κ3) is 2.61. The van der Waals surface area contributed by atoms with Crippen molar-refractivity contribution in [3.05, 3.63) is 29.8 Å². The van der Waals surface area contributed by atoms with Crippen LogP contribution >= 0.6 is 11.8 Å². The molecule has 2 nitrogen and oxygen atoms in total. The van der Waals surface area contributed by atoms with Crippen molar-refractivity contribution >= 4 is 11.8 Å². The standard InChI is InChI=1S/C14H21NOS/c1-3-16-12-8-5-4-7-11(12)13(15)14(2)9-6-10-17-14/h4-5,7-8,13H,3,6,9-10,15H2,1-2H3. The molecule has 1 aliphatic rings. The molecule has 94 valence electrons. The molecule has 2 N–H and O–H groups in total. The second-order valence-electron chi connectivity index (χ2n) is 4.71. The Morgan fingerprint density at radius 1 is 1.47 bits per heavy atom. The summed E-state index contributed by atoms with van der Waals surface area (Å²) in [5.41, 5.74) is 7.61. The third-order valence-corrected chi connectivity index (χ3v) is 5.07. The van der Waals surface area contributed by atoms with E-state index >= 15 is 0 Å². The van der Waals surface area contributed by atoms with Gasteiger partial charge < -0.3 is 10.5 Å². The van der Waals surface area contributed by atoms with Gasteiger partial charge in [-0.15, -0.1) is 0 Å². The van der Waals surface area contributed by atoms with Crippen LogP contribution in [-0.4, -0.2) is 17.1 Å². The lowest BCUT2D eigenvalue weighted by atomic mass is 9.90. The van der Waals surface area contributed by atoms with E-state index in [4.69, 9.17) is 10.5 Å². The minimum atomic E-state index is 0.0535. The predicted molar refractivity (Wildman–Crippen MR) is 74.6 cm³/mol. The van der Waals surface area contributed by atoms with Gasteiger partial charge in [-0.05, 0) is 38.5 Å². The molecule has 2 unspecified atom stereocenters. The van der Waals surface area contributed by atoms with Crippen molar-refractivity contribution in [3.8, 4) is 5.75 Å². The van der Waals surface area contributed by atoms with Crippen molar-refractivity contribution in [2.75, 3.05) is 12.4 Å². The molecule has 2 rings (SSSR count). The number of para-hydroxylation sites is 1. The molecule has 0 saturated carbocycles. The molecule has 1 saturated heterocycles. The quantitative estimate of drug-likeness (QED) is 0.891. The van der Waals surface area contributed by atoms with Crippen LogP contribution in [0.1, 0.15) is 38.3 Å². The van der Waals surface area contributed by atoms with Crippen LogP contribution < -0.4 is 10.5 Å². The predicted octanol–water partition coefficient (Wildman–Crippen LogP) is 3.37. The van der Waals surface area contributed by atoms with Crippen LogP contribution in [0.15, 0.2) is 24.3 Å². The van der Waals surface area contributed by atoms with Crippen LogP contribution in [0.25, 0.3) is 0 Å². The van der Waals surface area contributed by atoms with Gasteiger partial charge in [0.15, 0.2) is 0 Å². The van der Waals surface area contributed by atoms with E-state index < -0.39 is 0 Å². The summed E-state index contributed by atoms with van der Waals surface area (Å²) < 4.78 is 5.83. The fourth-order valence-corrected chi connectivity index (χ4v) is 3.75. The Balaban J connectivity index is 2.26. The molecule has 0 aromatic heterocycles. The highest BCUT2D eigenvalue weighted by Crippen LogP contribution is 2.46. The van der Waals surface area contributed by atoms with E-state index in [0.29, 0.717) is 6.61 Å². The monoisotopic (exact) mass is 251 g/mol. The Labute approximate surface area is 108 Å². The maximum Gasteiger partial charge on any atom is 0.124 e. The Hall–Kier alpha value is -0.670. The van der Waals surface area contributed by atoms with Crippen molar-refractivity contribution in [2.45, 2.75) is 37.5 Å². The number of thioether (sulfide) groups is 1. The summed E-state index contributed by atoms with van der Waals surface area (Å²) in [7, 11) is 0. The molecule has 17 heavy (non-hydrogen) atoms. The van der Waals surface area contributed by atoms with Crippen molar-refractivity contribution in [2.24, 2.45) is 5.73 Å². The summed E-state index contributed by atoms with van der Waals surface area (Å²) in [6.07, 6.45) is 2.46. The Kier molecular flexibility index (Phi) is 4.00. The van der Waals surface area contributed by atoms with Gasteiger partial charge in [0.05, 0.1) is 6.61 Å². The zero-order valence-corrected chi connectivity index (χ0v) is 11.4. The zero-order valence-electron chi connectivity index (χ0n) is 10.6. The average molecular weight is 251 g/mol. The number of hydrogen-bond donors (Lipinski definition) is 1. The molecule has 0 bridgehead atoms. The van der Waals surface area contributed by atoms with Crippen LogP contribution in [-0.2, 0) is 0 Å². The van der Waals surface area contributed by atoms with Gasteiger partial charge in [-0.1, -0.05) is 18.2 Å². The van der Waals surface area contributed by atoms with E-state index in [-0.39, 0.29) is 10.8 Å². The largest absolute Gasteiger partial charge is 0.494 e. The molecule has 2 atom stereocenters. The molecule has 1 fully saturated rings. The number of rotatable bonds is 4. The van der Waals surface area contributed by atoms with Gasteiger partial charge in [0, 0.05) is 16.4 Å². The molecule has 0 radical (unpaired) electrons. The van der Waals surface area contributed by atoms with Gasteiger partial charge in [-0.2, -0.15) is 11.8 Å². The van der Waals surface area contributed by atoms with Crippen molar-refractivity contribution in [1.29, 1.82) is 0 Å². The van der Waals surface area contributed by atoms with Gasteiger partial charge in [0.2, 0.25) is 0 Å². The summed E-state index contributed by atoms with van der Waals surface area (Å²) in [5, 5.41) is 0. The Bertz CT molecular complexity index is 374. The summed E-state index contributed by atoms with van der Waals surface area (Å²) in [6, 6.07) is 8.21. The lowest BCUT2D eigenvalue weighted by molar-refractivity contribution is 0.330. The first-order valence-electron chi connectivity index (χ1n) is 6.28. The van der Waals surface area contributed by atoms with Crippen LogP contribution in [0.3, 0.4) is 0 Å². The topological polar surface area (TPSA) is 35.2 Å². The van der Waals surface area contributed by atoms with E-state index in [1.54, 1.807) is 0 Å². The van der Waals surface area contributed by atoms with Gasteiger partial charge in [-0.3, -0.25) is 0 Å². The van der Waals surface area contributed by atoms with E-state index in [2.05, 4.69) is 13.0 Å². The molecule has 1 heterocycles. The first-order chi connectivity index (χ1) is 8.17. The van der Waals surface area contributed by atoms with E-state index in [9.17, 15) is 0 Å². The highest BCUT2D eigenvalue weighted by Gasteiger charge is 2.37. The minimum Gasteiger partial charge on any atom is -0.494 e. The lowest BCUT2D eigenvalue weighted by Crippen LogP contribution is -2.33. The third-order valence-electron chi connectivity index (χ3n) is 3.46.